The fourth-order valence-electron chi connectivity index (χ4n) is 7.27. The lowest BCUT2D eigenvalue weighted by Crippen LogP contribution is -2.55. The maximum atomic E-state index is 12.7. The van der Waals surface area contributed by atoms with Crippen LogP contribution >= 0.6 is 0 Å². The lowest BCUT2D eigenvalue weighted by molar-refractivity contribution is -0.0278. The highest BCUT2D eigenvalue weighted by Gasteiger charge is 2.46. The van der Waals surface area contributed by atoms with Gasteiger partial charge in [-0.3, -0.25) is 9.47 Å². The van der Waals surface area contributed by atoms with E-state index in [0.717, 1.165) is 37.0 Å². The van der Waals surface area contributed by atoms with Gasteiger partial charge in [-0.25, -0.2) is 4.79 Å². The zero-order valence-corrected chi connectivity index (χ0v) is 18.8. The second kappa shape index (κ2) is 8.18. The monoisotopic (exact) mass is 409 g/mol. The van der Waals surface area contributed by atoms with Crippen molar-refractivity contribution in [3.63, 3.8) is 0 Å². The van der Waals surface area contributed by atoms with Crippen LogP contribution < -0.4 is 5.69 Å². The van der Waals surface area contributed by atoms with E-state index in [9.17, 15) is 4.79 Å². The molecule has 1 saturated heterocycles. The van der Waals surface area contributed by atoms with E-state index in [4.69, 9.17) is 0 Å². The number of benzene rings is 1. The predicted molar refractivity (Wildman–Crippen MR) is 124 cm³/mol. The number of piperidine rings is 1. The van der Waals surface area contributed by atoms with Gasteiger partial charge >= 0.3 is 5.69 Å². The molecule has 3 fully saturated rings. The lowest BCUT2D eigenvalue weighted by atomic mass is 9.60. The second-order valence-electron chi connectivity index (χ2n) is 10.6. The highest BCUT2D eigenvalue weighted by Crippen LogP contribution is 2.53. The van der Waals surface area contributed by atoms with E-state index in [0.29, 0.717) is 17.0 Å². The maximum absolute atomic E-state index is 12.7. The Hall–Kier alpha value is -1.55. The Labute approximate surface area is 181 Å². The number of imidazole rings is 1. The molecule has 0 unspecified atom stereocenters. The van der Waals surface area contributed by atoms with Crippen LogP contribution in [0.5, 0.6) is 0 Å². The van der Waals surface area contributed by atoms with E-state index in [1.54, 1.807) is 0 Å². The fourth-order valence-corrected chi connectivity index (χ4v) is 7.27. The van der Waals surface area contributed by atoms with Crippen molar-refractivity contribution in [2.45, 2.75) is 102 Å². The summed E-state index contributed by atoms with van der Waals surface area (Å²) in [6.07, 6.45) is 17.9. The first-order chi connectivity index (χ1) is 14.6. The van der Waals surface area contributed by atoms with Gasteiger partial charge in [0.05, 0.1) is 11.0 Å². The average molecular weight is 410 g/mol. The van der Waals surface area contributed by atoms with Crippen LogP contribution in [0.2, 0.25) is 0 Å². The van der Waals surface area contributed by atoms with E-state index < -0.39 is 0 Å². The van der Waals surface area contributed by atoms with Gasteiger partial charge in [0, 0.05) is 24.7 Å². The van der Waals surface area contributed by atoms with Crippen LogP contribution in [0.15, 0.2) is 29.1 Å². The third kappa shape index (κ3) is 3.55. The van der Waals surface area contributed by atoms with Crippen molar-refractivity contribution in [3.8, 4) is 0 Å². The molecule has 0 radical (unpaired) electrons. The van der Waals surface area contributed by atoms with E-state index in [-0.39, 0.29) is 5.69 Å². The van der Waals surface area contributed by atoms with E-state index in [1.165, 1.54) is 70.6 Å². The van der Waals surface area contributed by atoms with Crippen molar-refractivity contribution in [3.05, 3.63) is 34.7 Å². The van der Waals surface area contributed by atoms with Gasteiger partial charge in [0.15, 0.2) is 0 Å². The zero-order valence-electron chi connectivity index (χ0n) is 18.8. The fraction of sp³-hybridized carbons (Fsp3) is 0.731. The number of aromatic nitrogens is 2. The molecule has 1 spiro atoms. The Balaban J connectivity index is 1.29. The average Bonchev–Trinajstić information content (AvgIpc) is 3.12. The topological polar surface area (TPSA) is 41.0 Å². The molecule has 1 aromatic heterocycles. The van der Waals surface area contributed by atoms with Crippen molar-refractivity contribution in [1.82, 2.24) is 14.5 Å². The van der Waals surface area contributed by atoms with Crippen LogP contribution in [-0.2, 0) is 0 Å². The number of nitrogens with zero attached hydrogens (tertiary/aromatic N) is 2. The Morgan fingerprint density at radius 2 is 1.67 bits per heavy atom. The normalized spacial score (nSPS) is 25.1. The molecular weight excluding hydrogens is 370 g/mol. The second-order valence-corrected chi connectivity index (χ2v) is 10.6. The van der Waals surface area contributed by atoms with Gasteiger partial charge in [-0.05, 0) is 75.3 Å². The summed E-state index contributed by atoms with van der Waals surface area (Å²) < 4.78 is 2.04. The molecule has 2 saturated carbocycles. The summed E-state index contributed by atoms with van der Waals surface area (Å²) in [5.74, 6) is 0. The first kappa shape index (κ1) is 20.4. The summed E-state index contributed by atoms with van der Waals surface area (Å²) in [4.78, 5) is 18.6. The number of fused-ring (bicyclic) bond motifs is 1. The number of hydrogen-bond donors (Lipinski definition) is 1. The van der Waals surface area contributed by atoms with Crippen LogP contribution in [0.4, 0.5) is 0 Å². The molecule has 0 atom stereocenters. The van der Waals surface area contributed by atoms with Gasteiger partial charge < -0.3 is 4.98 Å². The smallest absolute Gasteiger partial charge is 0.306 e. The third-order valence-corrected chi connectivity index (χ3v) is 9.00. The van der Waals surface area contributed by atoms with Crippen LogP contribution in [0.25, 0.3) is 11.0 Å². The highest BCUT2D eigenvalue weighted by atomic mass is 16.1. The molecule has 1 aliphatic heterocycles. The molecule has 4 heteroatoms. The van der Waals surface area contributed by atoms with Crippen LogP contribution in [0.1, 0.15) is 96.4 Å². The highest BCUT2D eigenvalue weighted by molar-refractivity contribution is 5.75. The minimum absolute atomic E-state index is 0.0647. The van der Waals surface area contributed by atoms with Gasteiger partial charge in [-0.1, -0.05) is 44.7 Å². The first-order valence-corrected chi connectivity index (χ1v) is 12.6. The van der Waals surface area contributed by atoms with Crippen LogP contribution in [-0.4, -0.2) is 33.1 Å². The molecule has 2 aromatic rings. The zero-order chi connectivity index (χ0) is 20.6. The molecule has 0 bridgehead atoms. The molecule has 30 heavy (non-hydrogen) atoms. The molecule has 2 heterocycles. The molecule has 1 N–H and O–H groups in total. The minimum Gasteiger partial charge on any atom is -0.306 e. The standard InChI is InChI=1S/C26H39N3O/c1-2-12-26(17-15-25(16-18-26)13-6-3-7-14-25)28-19-10-21(11-20-28)29-23-9-5-4-8-22(23)27-24(29)30/h4-5,8-9,21H,2-3,6-7,10-20H2,1H3,(H,27,30). The Kier molecular flexibility index (Phi) is 5.55. The first-order valence-electron chi connectivity index (χ1n) is 12.6. The van der Waals surface area contributed by atoms with Gasteiger partial charge in [-0.15, -0.1) is 0 Å². The molecule has 5 rings (SSSR count). The minimum atomic E-state index is 0.0647. The van der Waals surface area contributed by atoms with Crippen molar-refractivity contribution in [1.29, 1.82) is 0 Å². The largest absolute Gasteiger partial charge is 0.326 e. The Morgan fingerprint density at radius 1 is 0.967 bits per heavy atom. The number of likely N-dealkylation sites (tertiary alicyclic amines) is 1. The number of para-hydroxylation sites is 2. The van der Waals surface area contributed by atoms with Gasteiger partial charge in [0.2, 0.25) is 0 Å². The molecule has 164 valence electrons. The van der Waals surface area contributed by atoms with Crippen molar-refractivity contribution in [2.24, 2.45) is 5.41 Å². The van der Waals surface area contributed by atoms with Crippen molar-refractivity contribution < 1.29 is 0 Å². The SMILES string of the molecule is CCCC1(N2CCC(n3c(=O)[nH]c4ccccc43)CC2)CCC2(CCCCC2)CC1. The molecular formula is C26H39N3O. The lowest BCUT2D eigenvalue weighted by Gasteiger charge is -2.54. The van der Waals surface area contributed by atoms with Crippen molar-refractivity contribution in [2.75, 3.05) is 13.1 Å². The summed E-state index contributed by atoms with van der Waals surface area (Å²) in [5.41, 5.74) is 3.21. The number of nitrogens with one attached hydrogen (secondary N) is 1. The van der Waals surface area contributed by atoms with Crippen molar-refractivity contribution >= 4 is 11.0 Å². The summed E-state index contributed by atoms with van der Waals surface area (Å²) in [6.45, 7) is 4.65. The van der Waals surface area contributed by atoms with Crippen LogP contribution in [0, 0.1) is 5.41 Å². The molecule has 3 aliphatic rings. The predicted octanol–water partition coefficient (Wildman–Crippen LogP) is 6.03. The number of hydrogen-bond acceptors (Lipinski definition) is 2. The quantitative estimate of drug-likeness (QED) is 0.670. The van der Waals surface area contributed by atoms with Gasteiger partial charge in [-0.2, -0.15) is 0 Å². The van der Waals surface area contributed by atoms with Gasteiger partial charge in [0.1, 0.15) is 0 Å². The number of aromatic amines is 1. The molecule has 1 aromatic carbocycles. The summed E-state index contributed by atoms with van der Waals surface area (Å²) >= 11 is 0. The summed E-state index contributed by atoms with van der Waals surface area (Å²) in [6, 6.07) is 8.48. The third-order valence-electron chi connectivity index (χ3n) is 9.00. The Morgan fingerprint density at radius 3 is 2.37 bits per heavy atom. The van der Waals surface area contributed by atoms with E-state index >= 15 is 0 Å². The summed E-state index contributed by atoms with van der Waals surface area (Å²) in [7, 11) is 0. The number of rotatable bonds is 4. The van der Waals surface area contributed by atoms with Crippen LogP contribution in [0.3, 0.4) is 0 Å². The summed E-state index contributed by atoms with van der Waals surface area (Å²) in [5, 5.41) is 0. The van der Waals surface area contributed by atoms with E-state index in [1.807, 2.05) is 22.8 Å². The van der Waals surface area contributed by atoms with E-state index in [2.05, 4.69) is 22.9 Å². The Bertz CT molecular complexity index is 902. The maximum Gasteiger partial charge on any atom is 0.326 e. The van der Waals surface area contributed by atoms with Gasteiger partial charge in [0.25, 0.3) is 0 Å². The molecule has 0 amide bonds. The number of H-pyrrole nitrogens is 1. The molecule has 2 aliphatic carbocycles. The molecule has 4 nitrogen and oxygen atoms in total.